The summed E-state index contributed by atoms with van der Waals surface area (Å²) in [6, 6.07) is 5.99. The zero-order valence-corrected chi connectivity index (χ0v) is 14.2. The number of hydrogen-bond donors (Lipinski definition) is 2. The fraction of sp³-hybridized carbons (Fsp3) is 0.556. The molecule has 2 N–H and O–H groups in total. The molecule has 5 nitrogen and oxygen atoms in total. The van der Waals surface area contributed by atoms with E-state index in [1.807, 2.05) is 12.1 Å². The number of benzene rings is 1. The number of aryl methyl sites for hydroxylation is 1. The largest absolute Gasteiger partial charge is 0.480 e. The average Bonchev–Trinajstić information content (AvgIpc) is 2.54. The molecule has 1 amide bonds. The third kappa shape index (κ3) is 3.91. The predicted molar refractivity (Wildman–Crippen MR) is 90.6 cm³/mol. The highest BCUT2D eigenvalue weighted by Crippen LogP contribution is 2.27. The molecular formula is C18H26N2O3. The molecule has 1 unspecified atom stereocenters. The number of carbonyl (C=O) groups excluding carboxylic acids is 1. The first-order valence-electron chi connectivity index (χ1n) is 8.24. The van der Waals surface area contributed by atoms with E-state index in [9.17, 15) is 14.7 Å². The topological polar surface area (TPSA) is 69.6 Å². The normalized spacial score (nSPS) is 16.8. The van der Waals surface area contributed by atoms with Crippen LogP contribution in [0.3, 0.4) is 0 Å². The van der Waals surface area contributed by atoms with Crippen LogP contribution in [0.2, 0.25) is 0 Å². The molecule has 0 spiro atoms. The van der Waals surface area contributed by atoms with E-state index in [0.717, 1.165) is 36.1 Å². The molecule has 1 atom stereocenters. The molecule has 23 heavy (non-hydrogen) atoms. The van der Waals surface area contributed by atoms with Gasteiger partial charge in [0, 0.05) is 25.7 Å². The number of amides is 1. The van der Waals surface area contributed by atoms with Crippen molar-refractivity contribution in [3.8, 4) is 0 Å². The maximum absolute atomic E-state index is 11.7. The van der Waals surface area contributed by atoms with E-state index in [4.69, 9.17) is 0 Å². The van der Waals surface area contributed by atoms with E-state index in [2.05, 4.69) is 18.3 Å². The molecule has 1 aliphatic rings. The van der Waals surface area contributed by atoms with Crippen molar-refractivity contribution in [1.29, 1.82) is 0 Å². The van der Waals surface area contributed by atoms with E-state index < -0.39 is 11.5 Å². The molecule has 1 aromatic carbocycles. The molecule has 1 aliphatic heterocycles. The van der Waals surface area contributed by atoms with Gasteiger partial charge in [-0.15, -0.1) is 0 Å². The zero-order chi connectivity index (χ0) is 17.0. The zero-order valence-electron chi connectivity index (χ0n) is 14.2. The van der Waals surface area contributed by atoms with Crippen LogP contribution in [0.1, 0.15) is 50.7 Å². The van der Waals surface area contributed by atoms with Crippen LogP contribution >= 0.6 is 0 Å². The third-order valence-electron chi connectivity index (χ3n) is 4.67. The fourth-order valence-electron chi connectivity index (χ4n) is 2.92. The first-order valence-corrected chi connectivity index (χ1v) is 8.24. The summed E-state index contributed by atoms with van der Waals surface area (Å²) in [5, 5.41) is 12.7. The van der Waals surface area contributed by atoms with Crippen molar-refractivity contribution in [3.63, 3.8) is 0 Å². The Balaban J connectivity index is 2.09. The lowest BCUT2D eigenvalue weighted by molar-refractivity contribution is -0.144. The fourth-order valence-corrected chi connectivity index (χ4v) is 2.92. The van der Waals surface area contributed by atoms with Crippen molar-refractivity contribution >= 4 is 17.6 Å². The van der Waals surface area contributed by atoms with Gasteiger partial charge in [0.1, 0.15) is 5.54 Å². The third-order valence-corrected chi connectivity index (χ3v) is 4.67. The van der Waals surface area contributed by atoms with Crippen LogP contribution in [0.5, 0.6) is 0 Å². The molecule has 0 bridgehead atoms. The number of carboxylic acid groups (broad SMARTS) is 1. The molecule has 126 valence electrons. The van der Waals surface area contributed by atoms with Gasteiger partial charge in [-0.2, -0.15) is 0 Å². The second-order valence-electron chi connectivity index (χ2n) is 6.51. The van der Waals surface area contributed by atoms with Crippen LogP contribution in [0.15, 0.2) is 18.2 Å². The van der Waals surface area contributed by atoms with Gasteiger partial charge in [0.05, 0.1) is 0 Å². The van der Waals surface area contributed by atoms with E-state index >= 15 is 0 Å². The minimum Gasteiger partial charge on any atom is -0.480 e. The SMILES string of the molecule is CCCCC(C)(NCc1ccc2c(c1)CCC(=O)N2C)C(=O)O. The van der Waals surface area contributed by atoms with Crippen LogP contribution in [0.4, 0.5) is 5.69 Å². The molecule has 0 saturated heterocycles. The van der Waals surface area contributed by atoms with Gasteiger partial charge in [-0.1, -0.05) is 31.9 Å². The Morgan fingerprint density at radius 1 is 1.39 bits per heavy atom. The van der Waals surface area contributed by atoms with Gasteiger partial charge in [-0.05, 0) is 37.0 Å². The number of unbranched alkanes of at least 4 members (excludes halogenated alkanes) is 1. The number of rotatable bonds is 7. The second kappa shape index (κ2) is 7.13. The molecule has 0 saturated carbocycles. The Morgan fingerprint density at radius 2 is 2.13 bits per heavy atom. The quantitative estimate of drug-likeness (QED) is 0.811. The van der Waals surface area contributed by atoms with E-state index in [1.165, 1.54) is 0 Å². The van der Waals surface area contributed by atoms with Crippen molar-refractivity contribution in [2.24, 2.45) is 0 Å². The summed E-state index contributed by atoms with van der Waals surface area (Å²) in [5.41, 5.74) is 2.25. The smallest absolute Gasteiger partial charge is 0.323 e. The Hall–Kier alpha value is -1.88. The second-order valence-corrected chi connectivity index (χ2v) is 6.51. The number of aliphatic carboxylic acids is 1. The number of carboxylic acids is 1. The highest BCUT2D eigenvalue weighted by atomic mass is 16.4. The lowest BCUT2D eigenvalue weighted by Crippen LogP contribution is -2.49. The molecule has 1 heterocycles. The van der Waals surface area contributed by atoms with Crippen molar-refractivity contribution in [1.82, 2.24) is 5.32 Å². The summed E-state index contributed by atoms with van der Waals surface area (Å²) in [6.07, 6.45) is 3.75. The van der Waals surface area contributed by atoms with Gasteiger partial charge in [0.15, 0.2) is 0 Å². The van der Waals surface area contributed by atoms with Crippen LogP contribution in [0.25, 0.3) is 0 Å². The van der Waals surface area contributed by atoms with Crippen LogP contribution < -0.4 is 10.2 Å². The highest BCUT2D eigenvalue weighted by molar-refractivity contribution is 5.95. The highest BCUT2D eigenvalue weighted by Gasteiger charge is 2.31. The summed E-state index contributed by atoms with van der Waals surface area (Å²) in [6.45, 7) is 4.32. The van der Waals surface area contributed by atoms with E-state index in [-0.39, 0.29) is 5.91 Å². The molecular weight excluding hydrogens is 292 g/mol. The van der Waals surface area contributed by atoms with Gasteiger partial charge in [-0.25, -0.2) is 0 Å². The Labute approximate surface area is 137 Å². The Morgan fingerprint density at radius 3 is 2.78 bits per heavy atom. The minimum absolute atomic E-state index is 0.140. The van der Waals surface area contributed by atoms with E-state index in [1.54, 1.807) is 18.9 Å². The first-order chi connectivity index (χ1) is 10.9. The number of anilines is 1. The van der Waals surface area contributed by atoms with Gasteiger partial charge < -0.3 is 10.0 Å². The average molecular weight is 318 g/mol. The predicted octanol–water partition coefficient (Wildman–Crippen LogP) is 2.72. The van der Waals surface area contributed by atoms with Gasteiger partial charge in [0.2, 0.25) is 5.91 Å². The van der Waals surface area contributed by atoms with Crippen LogP contribution in [0, 0.1) is 0 Å². The maximum atomic E-state index is 11.7. The van der Waals surface area contributed by atoms with Crippen molar-refractivity contribution in [2.75, 3.05) is 11.9 Å². The minimum atomic E-state index is -0.904. The summed E-state index contributed by atoms with van der Waals surface area (Å²) in [5.74, 6) is -0.671. The van der Waals surface area contributed by atoms with Crippen LogP contribution in [-0.2, 0) is 22.6 Å². The van der Waals surface area contributed by atoms with Gasteiger partial charge in [-0.3, -0.25) is 14.9 Å². The van der Waals surface area contributed by atoms with Crippen molar-refractivity contribution in [2.45, 2.75) is 58.0 Å². The Bertz CT molecular complexity index is 600. The lowest BCUT2D eigenvalue weighted by atomic mass is 9.94. The van der Waals surface area contributed by atoms with Gasteiger partial charge >= 0.3 is 5.97 Å². The number of fused-ring (bicyclic) bond motifs is 1. The standard InChI is InChI=1S/C18H26N2O3/c1-4-5-10-18(2,17(22)23)19-12-13-6-8-15-14(11-13)7-9-16(21)20(15)3/h6,8,11,19H,4-5,7,9-10,12H2,1-3H3,(H,22,23). The number of nitrogens with zero attached hydrogens (tertiary/aromatic N) is 1. The molecule has 5 heteroatoms. The molecule has 0 fully saturated rings. The number of hydrogen-bond acceptors (Lipinski definition) is 3. The molecule has 2 rings (SSSR count). The van der Waals surface area contributed by atoms with Crippen molar-refractivity contribution in [3.05, 3.63) is 29.3 Å². The van der Waals surface area contributed by atoms with Crippen LogP contribution in [-0.4, -0.2) is 29.6 Å². The summed E-state index contributed by atoms with van der Waals surface area (Å²) in [4.78, 5) is 25.0. The number of nitrogens with one attached hydrogen (secondary N) is 1. The van der Waals surface area contributed by atoms with E-state index in [0.29, 0.717) is 19.4 Å². The summed E-state index contributed by atoms with van der Waals surface area (Å²) < 4.78 is 0. The molecule has 0 aromatic heterocycles. The molecule has 0 radical (unpaired) electrons. The lowest BCUT2D eigenvalue weighted by Gasteiger charge is -2.28. The molecule has 1 aromatic rings. The van der Waals surface area contributed by atoms with Crippen molar-refractivity contribution < 1.29 is 14.7 Å². The first kappa shape index (κ1) is 17.5. The van der Waals surface area contributed by atoms with Gasteiger partial charge in [0.25, 0.3) is 0 Å². The monoisotopic (exact) mass is 318 g/mol. The number of carbonyl (C=O) groups is 2. The summed E-state index contributed by atoms with van der Waals surface area (Å²) in [7, 11) is 1.80. The summed E-state index contributed by atoms with van der Waals surface area (Å²) >= 11 is 0. The molecule has 0 aliphatic carbocycles. The Kier molecular flexibility index (Phi) is 5.42. The maximum Gasteiger partial charge on any atom is 0.323 e.